The summed E-state index contributed by atoms with van der Waals surface area (Å²) in [7, 11) is -1.33. The lowest BCUT2D eigenvalue weighted by Gasteiger charge is -2.35. The van der Waals surface area contributed by atoms with Gasteiger partial charge in [-0.1, -0.05) is 6.42 Å². The van der Waals surface area contributed by atoms with Crippen molar-refractivity contribution in [2.75, 3.05) is 5.88 Å². The van der Waals surface area contributed by atoms with Gasteiger partial charge in [0.25, 0.3) is 0 Å². The SMILES string of the molecule is C[Si]1(C)CCCC(CC(Cl)CCl)O1. The Morgan fingerprint density at radius 3 is 2.77 bits per heavy atom. The molecule has 1 heterocycles. The zero-order chi connectivity index (χ0) is 9.90. The average Bonchev–Trinajstić information content (AvgIpc) is 2.02. The zero-order valence-electron chi connectivity index (χ0n) is 8.35. The number of alkyl halides is 2. The van der Waals surface area contributed by atoms with Gasteiger partial charge in [0.15, 0.2) is 8.32 Å². The summed E-state index contributed by atoms with van der Waals surface area (Å²) < 4.78 is 6.04. The van der Waals surface area contributed by atoms with Crippen LogP contribution in [0.1, 0.15) is 19.3 Å². The molecule has 0 amide bonds. The van der Waals surface area contributed by atoms with Crippen molar-refractivity contribution in [3.63, 3.8) is 0 Å². The summed E-state index contributed by atoms with van der Waals surface area (Å²) in [5, 5.41) is 0.0783. The van der Waals surface area contributed by atoms with Gasteiger partial charge in [-0.25, -0.2) is 0 Å². The molecule has 1 rings (SSSR count). The van der Waals surface area contributed by atoms with Gasteiger partial charge in [0.2, 0.25) is 0 Å². The van der Waals surface area contributed by atoms with Crippen molar-refractivity contribution in [1.29, 1.82) is 0 Å². The quantitative estimate of drug-likeness (QED) is 0.541. The lowest BCUT2D eigenvalue weighted by Crippen LogP contribution is -2.40. The fourth-order valence-corrected chi connectivity index (χ4v) is 4.45. The van der Waals surface area contributed by atoms with Gasteiger partial charge >= 0.3 is 0 Å². The third kappa shape index (κ3) is 4.20. The maximum atomic E-state index is 6.04. The van der Waals surface area contributed by atoms with Gasteiger partial charge in [-0.2, -0.15) is 0 Å². The van der Waals surface area contributed by atoms with Crippen molar-refractivity contribution in [3.05, 3.63) is 0 Å². The molecule has 13 heavy (non-hydrogen) atoms. The van der Waals surface area contributed by atoms with Crippen LogP contribution < -0.4 is 0 Å². The number of hydrogen-bond acceptors (Lipinski definition) is 1. The largest absolute Gasteiger partial charge is 0.414 e. The minimum absolute atomic E-state index is 0.0783. The molecule has 0 aromatic carbocycles. The van der Waals surface area contributed by atoms with Gasteiger partial charge in [-0.15, -0.1) is 23.2 Å². The standard InChI is InChI=1S/C9H18Cl2OSi/c1-13(2)5-3-4-9(12-13)6-8(11)7-10/h8-9H,3-7H2,1-2H3. The molecule has 1 nitrogen and oxygen atoms in total. The summed E-state index contributed by atoms with van der Waals surface area (Å²) in [6, 6.07) is 1.29. The fraction of sp³-hybridized carbons (Fsp3) is 1.00. The van der Waals surface area contributed by atoms with Crippen molar-refractivity contribution in [2.24, 2.45) is 0 Å². The van der Waals surface area contributed by atoms with Crippen molar-refractivity contribution < 1.29 is 4.43 Å². The molecule has 2 atom stereocenters. The molecule has 2 unspecified atom stereocenters. The molecule has 1 aliphatic heterocycles. The maximum absolute atomic E-state index is 6.04. The van der Waals surface area contributed by atoms with E-state index in [0.29, 0.717) is 12.0 Å². The minimum Gasteiger partial charge on any atom is -0.414 e. The van der Waals surface area contributed by atoms with Gasteiger partial charge in [-0.05, 0) is 32.0 Å². The molecular formula is C9H18Cl2OSi. The molecule has 0 saturated carbocycles. The van der Waals surface area contributed by atoms with Gasteiger partial charge in [0.1, 0.15) is 0 Å². The van der Waals surface area contributed by atoms with Crippen LogP contribution in [-0.4, -0.2) is 25.7 Å². The Balaban J connectivity index is 2.34. The van der Waals surface area contributed by atoms with Crippen LogP contribution in [0.5, 0.6) is 0 Å². The summed E-state index contributed by atoms with van der Waals surface area (Å²) in [6.07, 6.45) is 3.75. The molecule has 0 aliphatic carbocycles. The second-order valence-electron chi connectivity index (χ2n) is 4.38. The van der Waals surface area contributed by atoms with Crippen molar-refractivity contribution in [3.8, 4) is 0 Å². The Morgan fingerprint density at radius 2 is 2.23 bits per heavy atom. The van der Waals surface area contributed by atoms with E-state index in [2.05, 4.69) is 13.1 Å². The fourth-order valence-electron chi connectivity index (χ4n) is 1.84. The van der Waals surface area contributed by atoms with Crippen LogP contribution in [0.4, 0.5) is 0 Å². The van der Waals surface area contributed by atoms with Crippen LogP contribution in [-0.2, 0) is 4.43 Å². The average molecular weight is 241 g/mol. The molecule has 0 spiro atoms. The molecule has 0 bridgehead atoms. The first kappa shape index (κ1) is 11.8. The third-order valence-electron chi connectivity index (χ3n) is 2.48. The number of hydrogen-bond donors (Lipinski definition) is 0. The molecule has 0 aromatic heterocycles. The molecule has 0 aromatic rings. The van der Waals surface area contributed by atoms with E-state index in [1.807, 2.05) is 0 Å². The van der Waals surface area contributed by atoms with E-state index in [-0.39, 0.29) is 5.38 Å². The van der Waals surface area contributed by atoms with Crippen LogP contribution in [0.25, 0.3) is 0 Å². The van der Waals surface area contributed by atoms with E-state index in [1.54, 1.807) is 0 Å². The van der Waals surface area contributed by atoms with Crippen molar-refractivity contribution >= 4 is 31.5 Å². The Labute approximate surface area is 91.9 Å². The lowest BCUT2D eigenvalue weighted by atomic mass is 10.1. The van der Waals surface area contributed by atoms with Crippen LogP contribution in [0.2, 0.25) is 19.1 Å². The topological polar surface area (TPSA) is 9.23 Å². The van der Waals surface area contributed by atoms with Gasteiger partial charge in [-0.3, -0.25) is 0 Å². The Hall–Kier alpha value is 0.757. The van der Waals surface area contributed by atoms with Gasteiger partial charge in [0, 0.05) is 17.4 Å². The Kier molecular flexibility index (Phi) is 4.56. The lowest BCUT2D eigenvalue weighted by molar-refractivity contribution is 0.152. The highest BCUT2D eigenvalue weighted by Crippen LogP contribution is 2.28. The molecule has 78 valence electrons. The normalized spacial score (nSPS) is 30.0. The number of rotatable bonds is 3. The summed E-state index contributed by atoms with van der Waals surface area (Å²) >= 11 is 11.7. The van der Waals surface area contributed by atoms with Gasteiger partial charge in [0.05, 0.1) is 0 Å². The highest BCUT2D eigenvalue weighted by atomic mass is 35.5. The first-order valence-electron chi connectivity index (χ1n) is 4.91. The highest BCUT2D eigenvalue weighted by molar-refractivity contribution is 6.71. The molecule has 0 radical (unpaired) electrons. The highest BCUT2D eigenvalue weighted by Gasteiger charge is 2.31. The molecule has 1 aliphatic rings. The van der Waals surface area contributed by atoms with E-state index in [0.717, 1.165) is 12.8 Å². The van der Waals surface area contributed by atoms with Crippen LogP contribution in [0.15, 0.2) is 0 Å². The van der Waals surface area contributed by atoms with E-state index >= 15 is 0 Å². The van der Waals surface area contributed by atoms with E-state index < -0.39 is 8.32 Å². The summed E-state index contributed by atoms with van der Waals surface area (Å²) in [6.45, 7) is 4.56. The second-order valence-corrected chi connectivity index (χ2v) is 9.56. The van der Waals surface area contributed by atoms with Crippen LogP contribution in [0.3, 0.4) is 0 Å². The Bertz CT molecular complexity index is 164. The first-order valence-corrected chi connectivity index (χ1v) is 9.00. The van der Waals surface area contributed by atoms with Crippen LogP contribution >= 0.6 is 23.2 Å². The molecule has 1 saturated heterocycles. The number of halogens is 2. The first-order chi connectivity index (χ1) is 6.03. The molecule has 1 fully saturated rings. The smallest absolute Gasteiger partial charge is 0.187 e. The summed E-state index contributed by atoms with van der Waals surface area (Å²) in [4.78, 5) is 0. The molecule has 0 N–H and O–H groups in total. The Morgan fingerprint density at radius 1 is 1.54 bits per heavy atom. The minimum atomic E-state index is -1.33. The molecule has 4 heteroatoms. The zero-order valence-corrected chi connectivity index (χ0v) is 10.9. The van der Waals surface area contributed by atoms with E-state index in [1.165, 1.54) is 12.5 Å². The summed E-state index contributed by atoms with van der Waals surface area (Å²) in [5.74, 6) is 0.531. The second kappa shape index (κ2) is 5.01. The van der Waals surface area contributed by atoms with Crippen LogP contribution in [0, 0.1) is 0 Å². The third-order valence-corrected chi connectivity index (χ3v) is 5.87. The predicted octanol–water partition coefficient (Wildman–Crippen LogP) is 3.61. The predicted molar refractivity (Wildman–Crippen MR) is 61.4 cm³/mol. The maximum Gasteiger partial charge on any atom is 0.187 e. The van der Waals surface area contributed by atoms with E-state index in [4.69, 9.17) is 27.6 Å². The van der Waals surface area contributed by atoms with Crippen molar-refractivity contribution in [1.82, 2.24) is 0 Å². The molecular weight excluding hydrogens is 223 g/mol. The van der Waals surface area contributed by atoms with E-state index in [9.17, 15) is 0 Å². The van der Waals surface area contributed by atoms with Crippen molar-refractivity contribution in [2.45, 2.75) is 49.9 Å². The van der Waals surface area contributed by atoms with Gasteiger partial charge < -0.3 is 4.43 Å². The summed E-state index contributed by atoms with van der Waals surface area (Å²) in [5.41, 5.74) is 0. The monoisotopic (exact) mass is 240 g/mol.